The van der Waals surface area contributed by atoms with Crippen LogP contribution in [0.4, 0.5) is 0 Å². The minimum absolute atomic E-state index is 0.792. The van der Waals surface area contributed by atoms with Gasteiger partial charge in [0.1, 0.15) is 0 Å². The largest absolute Gasteiger partial charge is 0.330 e. The fourth-order valence-corrected chi connectivity index (χ4v) is 1.98. The summed E-state index contributed by atoms with van der Waals surface area (Å²) in [5, 5.41) is 0.908. The van der Waals surface area contributed by atoms with E-state index in [9.17, 15) is 0 Å². The van der Waals surface area contributed by atoms with Gasteiger partial charge in [0.2, 0.25) is 0 Å². The van der Waals surface area contributed by atoms with E-state index >= 15 is 0 Å². The van der Waals surface area contributed by atoms with Gasteiger partial charge in [0.05, 0.1) is 0 Å². The number of hydrogen-bond acceptors (Lipinski definition) is 1. The van der Waals surface area contributed by atoms with Crippen LogP contribution in [0.5, 0.6) is 0 Å². The van der Waals surface area contributed by atoms with Gasteiger partial charge in [-0.25, -0.2) is 0 Å². The molecule has 0 aliphatic heterocycles. The van der Waals surface area contributed by atoms with Gasteiger partial charge >= 0.3 is 0 Å². The van der Waals surface area contributed by atoms with Gasteiger partial charge in [-0.15, -0.1) is 0 Å². The third-order valence-corrected chi connectivity index (χ3v) is 3.16. The molecule has 0 amide bonds. The molecule has 0 radical (unpaired) electrons. The number of nitrogens with two attached hydrogens (primary N) is 1. The van der Waals surface area contributed by atoms with Gasteiger partial charge in [0.15, 0.2) is 0 Å². The molecule has 0 fully saturated rings. The molecule has 0 spiro atoms. The molecule has 2 heteroatoms. The molecule has 0 aliphatic carbocycles. The van der Waals surface area contributed by atoms with Gasteiger partial charge in [-0.05, 0) is 62.4 Å². The van der Waals surface area contributed by atoms with Crippen molar-refractivity contribution in [1.82, 2.24) is 0 Å². The van der Waals surface area contributed by atoms with E-state index in [1.807, 2.05) is 0 Å². The van der Waals surface area contributed by atoms with E-state index in [1.54, 1.807) is 0 Å². The molecule has 1 aromatic rings. The van der Waals surface area contributed by atoms with Crippen LogP contribution in [0.25, 0.3) is 0 Å². The summed E-state index contributed by atoms with van der Waals surface area (Å²) in [5.74, 6) is 0. The Kier molecular flexibility index (Phi) is 5.13. The van der Waals surface area contributed by atoms with Crippen LogP contribution in [0.15, 0.2) is 12.1 Å². The van der Waals surface area contributed by atoms with Gasteiger partial charge in [-0.2, -0.15) is 0 Å². The molecule has 0 saturated heterocycles. The fourth-order valence-electron chi connectivity index (χ4n) is 1.67. The maximum atomic E-state index is 6.19. The summed E-state index contributed by atoms with van der Waals surface area (Å²) in [6, 6.07) is 4.27. The Morgan fingerprint density at radius 2 is 1.73 bits per heavy atom. The smallest absolute Gasteiger partial charge is 0.0440 e. The van der Waals surface area contributed by atoms with Gasteiger partial charge in [-0.1, -0.05) is 24.1 Å². The zero-order valence-electron chi connectivity index (χ0n) is 9.65. The molecule has 84 valence electrons. The highest BCUT2D eigenvalue weighted by Gasteiger charge is 2.03. The molecule has 0 saturated carbocycles. The summed E-state index contributed by atoms with van der Waals surface area (Å²) in [5.41, 5.74) is 9.33. The highest BCUT2D eigenvalue weighted by Crippen LogP contribution is 2.22. The molecule has 0 aliphatic rings. The van der Waals surface area contributed by atoms with Crippen molar-refractivity contribution in [3.8, 4) is 0 Å². The van der Waals surface area contributed by atoms with Crippen molar-refractivity contribution in [3.05, 3.63) is 33.8 Å². The van der Waals surface area contributed by atoms with Crippen LogP contribution in [0, 0.1) is 13.8 Å². The van der Waals surface area contributed by atoms with Gasteiger partial charge < -0.3 is 5.73 Å². The van der Waals surface area contributed by atoms with Crippen LogP contribution >= 0.6 is 11.6 Å². The average molecular weight is 226 g/mol. The molecule has 15 heavy (non-hydrogen) atoms. The second-order valence-corrected chi connectivity index (χ2v) is 4.53. The van der Waals surface area contributed by atoms with Crippen molar-refractivity contribution in [3.63, 3.8) is 0 Å². The molecule has 1 aromatic carbocycles. The van der Waals surface area contributed by atoms with E-state index in [2.05, 4.69) is 26.0 Å². The summed E-state index contributed by atoms with van der Waals surface area (Å²) in [4.78, 5) is 0. The second kappa shape index (κ2) is 6.14. The molecule has 0 atom stereocenters. The number of halogens is 1. The third kappa shape index (κ3) is 3.84. The van der Waals surface area contributed by atoms with E-state index in [1.165, 1.54) is 29.5 Å². The molecule has 0 bridgehead atoms. The quantitative estimate of drug-likeness (QED) is 0.761. The Balaban J connectivity index is 2.57. The van der Waals surface area contributed by atoms with Gasteiger partial charge in [-0.3, -0.25) is 0 Å². The van der Waals surface area contributed by atoms with E-state index in [4.69, 9.17) is 17.3 Å². The van der Waals surface area contributed by atoms with E-state index in [0.717, 1.165) is 24.4 Å². The molecular weight excluding hydrogens is 206 g/mol. The number of benzene rings is 1. The topological polar surface area (TPSA) is 26.0 Å². The summed E-state index contributed by atoms with van der Waals surface area (Å²) >= 11 is 6.19. The third-order valence-electron chi connectivity index (χ3n) is 2.81. The fraction of sp³-hybridized carbons (Fsp3) is 0.538. The first-order valence-electron chi connectivity index (χ1n) is 5.61. The minimum Gasteiger partial charge on any atom is -0.330 e. The first kappa shape index (κ1) is 12.5. The Morgan fingerprint density at radius 3 is 2.40 bits per heavy atom. The lowest BCUT2D eigenvalue weighted by Crippen LogP contribution is -1.98. The lowest BCUT2D eigenvalue weighted by molar-refractivity contribution is 0.686. The lowest BCUT2D eigenvalue weighted by Gasteiger charge is -2.08. The van der Waals surface area contributed by atoms with Crippen molar-refractivity contribution in [2.75, 3.05) is 6.54 Å². The van der Waals surface area contributed by atoms with E-state index in [-0.39, 0.29) is 0 Å². The van der Waals surface area contributed by atoms with Crippen LogP contribution in [0.2, 0.25) is 5.02 Å². The SMILES string of the molecule is Cc1cc(Cl)c(CCCCCN)cc1C. The standard InChI is InChI=1S/C13H20ClN/c1-10-8-12(6-4-3-5-7-15)13(14)9-11(10)2/h8-9H,3-7,15H2,1-2H3. The van der Waals surface area contributed by atoms with Crippen molar-refractivity contribution in [2.24, 2.45) is 5.73 Å². The maximum absolute atomic E-state index is 6.19. The lowest BCUT2D eigenvalue weighted by atomic mass is 10.0. The molecule has 0 aromatic heterocycles. The monoisotopic (exact) mass is 225 g/mol. The van der Waals surface area contributed by atoms with E-state index < -0.39 is 0 Å². The highest BCUT2D eigenvalue weighted by molar-refractivity contribution is 6.31. The normalized spacial score (nSPS) is 10.7. The average Bonchev–Trinajstić information content (AvgIpc) is 2.20. The zero-order valence-corrected chi connectivity index (χ0v) is 10.4. The molecule has 2 N–H and O–H groups in total. The number of unbranched alkanes of at least 4 members (excludes halogenated alkanes) is 2. The summed E-state index contributed by atoms with van der Waals surface area (Å²) in [7, 11) is 0. The molecule has 0 heterocycles. The molecule has 0 unspecified atom stereocenters. The van der Waals surface area contributed by atoms with Gasteiger partial charge in [0, 0.05) is 5.02 Å². The predicted octanol–water partition coefficient (Wildman–Crippen LogP) is 3.63. The molecular formula is C13H20ClN. The Hall–Kier alpha value is -0.530. The van der Waals surface area contributed by atoms with Crippen LogP contribution in [-0.4, -0.2) is 6.54 Å². The predicted molar refractivity (Wildman–Crippen MR) is 67.5 cm³/mol. The van der Waals surface area contributed by atoms with Crippen molar-refractivity contribution in [1.29, 1.82) is 0 Å². The Morgan fingerprint density at radius 1 is 1.07 bits per heavy atom. The second-order valence-electron chi connectivity index (χ2n) is 4.13. The van der Waals surface area contributed by atoms with Gasteiger partial charge in [0.25, 0.3) is 0 Å². The molecule has 1 nitrogen and oxygen atoms in total. The highest BCUT2D eigenvalue weighted by atomic mass is 35.5. The Labute approximate surface area is 97.6 Å². The zero-order chi connectivity index (χ0) is 11.3. The van der Waals surface area contributed by atoms with Crippen LogP contribution in [-0.2, 0) is 6.42 Å². The molecule has 1 rings (SSSR count). The maximum Gasteiger partial charge on any atom is 0.0440 e. The van der Waals surface area contributed by atoms with Crippen molar-refractivity contribution >= 4 is 11.6 Å². The van der Waals surface area contributed by atoms with Crippen LogP contribution in [0.1, 0.15) is 36.0 Å². The first-order valence-corrected chi connectivity index (χ1v) is 5.98. The van der Waals surface area contributed by atoms with Crippen LogP contribution in [0.3, 0.4) is 0 Å². The summed E-state index contributed by atoms with van der Waals surface area (Å²) in [6.45, 7) is 5.02. The number of hydrogen-bond donors (Lipinski definition) is 1. The van der Waals surface area contributed by atoms with Crippen LogP contribution < -0.4 is 5.73 Å². The summed E-state index contributed by atoms with van der Waals surface area (Å²) in [6.07, 6.45) is 4.56. The first-order chi connectivity index (χ1) is 7.15. The number of rotatable bonds is 5. The van der Waals surface area contributed by atoms with Crippen molar-refractivity contribution in [2.45, 2.75) is 39.5 Å². The van der Waals surface area contributed by atoms with E-state index in [0.29, 0.717) is 0 Å². The summed E-state index contributed by atoms with van der Waals surface area (Å²) < 4.78 is 0. The number of aryl methyl sites for hydroxylation is 3. The minimum atomic E-state index is 0.792. The van der Waals surface area contributed by atoms with Crippen molar-refractivity contribution < 1.29 is 0 Å². The Bertz CT molecular complexity index is 321.